The first kappa shape index (κ1) is 39.1. The van der Waals surface area contributed by atoms with Gasteiger partial charge in [0.05, 0.1) is 14.2 Å². The SMILES string of the molecule is CCC(CC(CC(CC(C)c1ccc(OC)cc1)c1ccc(O)cc1)c1ccc(OC)cc1)c1ccc(O)cc1.C[N+](=O)[O-].C[N+](=O)[O-]. The predicted octanol–water partition coefficient (Wildman–Crippen LogP) is 8.94. The largest absolute Gasteiger partial charge is 0.508 e. The van der Waals surface area contributed by atoms with Crippen LogP contribution in [0.1, 0.15) is 85.5 Å². The molecule has 10 heteroatoms. The molecule has 0 aliphatic carbocycles. The molecule has 0 radical (unpaired) electrons. The van der Waals surface area contributed by atoms with Crippen LogP contribution in [0.25, 0.3) is 0 Å². The molecule has 4 rings (SSSR count). The van der Waals surface area contributed by atoms with Gasteiger partial charge in [0.1, 0.15) is 23.0 Å². The minimum Gasteiger partial charge on any atom is -0.508 e. The number of ether oxygens (including phenoxy) is 2. The minimum atomic E-state index is -0.500. The lowest BCUT2D eigenvalue weighted by Crippen LogP contribution is -2.13. The molecule has 48 heavy (non-hydrogen) atoms. The number of rotatable bonds is 13. The van der Waals surface area contributed by atoms with Gasteiger partial charge in [-0.3, -0.25) is 20.2 Å². The number of phenolic OH excluding ortho intramolecular Hbond substituents is 2. The van der Waals surface area contributed by atoms with Gasteiger partial charge in [0.25, 0.3) is 0 Å². The Kier molecular flexibility index (Phi) is 16.4. The molecule has 0 heterocycles. The lowest BCUT2D eigenvalue weighted by Gasteiger charge is -2.30. The van der Waals surface area contributed by atoms with E-state index in [4.69, 9.17) is 29.7 Å². The molecule has 4 aromatic rings. The van der Waals surface area contributed by atoms with Crippen LogP contribution in [0.5, 0.6) is 23.0 Å². The van der Waals surface area contributed by atoms with Gasteiger partial charge < -0.3 is 19.7 Å². The summed E-state index contributed by atoms with van der Waals surface area (Å²) in [5.41, 5.74) is 5.10. The zero-order valence-corrected chi connectivity index (χ0v) is 28.6. The van der Waals surface area contributed by atoms with Crippen LogP contribution in [0.15, 0.2) is 97.1 Å². The molecule has 0 saturated carbocycles. The van der Waals surface area contributed by atoms with Gasteiger partial charge in [-0.25, -0.2) is 0 Å². The Morgan fingerprint density at radius 1 is 0.562 bits per heavy atom. The number of phenols is 2. The molecule has 0 bridgehead atoms. The number of nitro groups is 2. The van der Waals surface area contributed by atoms with Crippen LogP contribution < -0.4 is 9.47 Å². The van der Waals surface area contributed by atoms with Crippen LogP contribution in [-0.4, -0.2) is 48.4 Å². The fraction of sp³-hybridized carbons (Fsp3) is 0.368. The first-order valence-electron chi connectivity index (χ1n) is 15.9. The number of aromatic hydroxyl groups is 2. The maximum atomic E-state index is 10.0. The summed E-state index contributed by atoms with van der Waals surface area (Å²) < 4.78 is 10.8. The fourth-order valence-corrected chi connectivity index (χ4v) is 5.83. The Balaban J connectivity index is 0.000000900. The van der Waals surface area contributed by atoms with E-state index >= 15 is 0 Å². The average molecular weight is 661 g/mol. The first-order valence-corrected chi connectivity index (χ1v) is 15.9. The van der Waals surface area contributed by atoms with Crippen molar-refractivity contribution in [3.05, 3.63) is 140 Å². The third kappa shape index (κ3) is 13.7. The highest BCUT2D eigenvalue weighted by molar-refractivity contribution is 5.35. The van der Waals surface area contributed by atoms with Gasteiger partial charge in [-0.1, -0.05) is 62.4 Å². The number of benzene rings is 4. The van der Waals surface area contributed by atoms with Crippen LogP contribution in [0.4, 0.5) is 0 Å². The quantitative estimate of drug-likeness (QED) is 0.107. The van der Waals surface area contributed by atoms with E-state index in [1.54, 1.807) is 38.5 Å². The molecular formula is C38H48N2O8. The molecular weight excluding hydrogens is 612 g/mol. The van der Waals surface area contributed by atoms with Crippen molar-refractivity contribution < 1.29 is 29.5 Å². The molecule has 4 unspecified atom stereocenters. The second kappa shape index (κ2) is 20.2. The first-order chi connectivity index (χ1) is 22.9. The summed E-state index contributed by atoms with van der Waals surface area (Å²) in [6.45, 7) is 4.54. The number of hydrogen-bond donors (Lipinski definition) is 2. The molecule has 0 aliphatic rings. The Morgan fingerprint density at radius 2 is 0.854 bits per heavy atom. The van der Waals surface area contributed by atoms with Crippen molar-refractivity contribution in [2.75, 3.05) is 28.3 Å². The van der Waals surface area contributed by atoms with E-state index < -0.39 is 9.85 Å². The van der Waals surface area contributed by atoms with Crippen LogP contribution >= 0.6 is 0 Å². The van der Waals surface area contributed by atoms with E-state index in [1.165, 1.54) is 22.3 Å². The topological polar surface area (TPSA) is 145 Å². The molecule has 4 aromatic carbocycles. The zero-order valence-electron chi connectivity index (χ0n) is 28.6. The van der Waals surface area contributed by atoms with Crippen molar-refractivity contribution >= 4 is 0 Å². The smallest absolute Gasteiger partial charge is 0.194 e. The summed E-state index contributed by atoms with van der Waals surface area (Å²) in [5.74, 6) is 3.63. The molecule has 2 N–H and O–H groups in total. The highest BCUT2D eigenvalue weighted by Crippen LogP contribution is 2.42. The fourth-order valence-electron chi connectivity index (χ4n) is 5.83. The molecule has 0 aromatic heterocycles. The highest BCUT2D eigenvalue weighted by atomic mass is 16.6. The second-order valence-electron chi connectivity index (χ2n) is 11.7. The van der Waals surface area contributed by atoms with Crippen molar-refractivity contribution in [3.63, 3.8) is 0 Å². The van der Waals surface area contributed by atoms with Crippen molar-refractivity contribution in [2.45, 2.75) is 63.2 Å². The van der Waals surface area contributed by atoms with Gasteiger partial charge in [-0.2, -0.15) is 0 Å². The van der Waals surface area contributed by atoms with Crippen molar-refractivity contribution in [1.29, 1.82) is 0 Å². The highest BCUT2D eigenvalue weighted by Gasteiger charge is 2.25. The van der Waals surface area contributed by atoms with E-state index in [9.17, 15) is 10.2 Å². The van der Waals surface area contributed by atoms with E-state index in [-0.39, 0.29) is 5.75 Å². The molecule has 0 spiro atoms. The van der Waals surface area contributed by atoms with Gasteiger partial charge in [0.2, 0.25) is 0 Å². The lowest BCUT2D eigenvalue weighted by atomic mass is 9.75. The summed E-state index contributed by atoms with van der Waals surface area (Å²) in [5, 5.41) is 37.5. The average Bonchev–Trinajstić information content (AvgIpc) is 3.06. The standard InChI is InChI=1S/C36H42O4.2CH3NO2/c1-5-26(28-6-14-33(37)15-7-28)23-32(30-12-20-36(40-4)21-13-30)24-31(29-8-16-34(38)17-9-29)22-25(2)27-10-18-35(39-3)19-11-27;2*1-2(3)4/h6-21,25-26,31-32,37-38H,5,22-24H2,1-4H3;2*1H3. The molecule has 4 atom stereocenters. The van der Waals surface area contributed by atoms with Gasteiger partial charge in [-0.15, -0.1) is 0 Å². The summed E-state index contributed by atoms with van der Waals surface area (Å²) in [4.78, 5) is 16.6. The maximum absolute atomic E-state index is 10.0. The molecule has 0 saturated heterocycles. The van der Waals surface area contributed by atoms with Crippen LogP contribution in [0.2, 0.25) is 0 Å². The lowest BCUT2D eigenvalue weighted by molar-refractivity contribution is -0.445. The van der Waals surface area contributed by atoms with E-state index in [0.717, 1.165) is 51.3 Å². The number of methoxy groups -OCH3 is 2. The third-order valence-electron chi connectivity index (χ3n) is 8.27. The van der Waals surface area contributed by atoms with Crippen LogP contribution in [-0.2, 0) is 0 Å². The summed E-state index contributed by atoms with van der Waals surface area (Å²) in [6, 6.07) is 32.3. The zero-order chi connectivity index (χ0) is 35.6. The molecule has 0 amide bonds. The van der Waals surface area contributed by atoms with Gasteiger partial charge in [0.15, 0.2) is 14.1 Å². The van der Waals surface area contributed by atoms with Crippen molar-refractivity contribution in [1.82, 2.24) is 0 Å². The summed E-state index contributed by atoms with van der Waals surface area (Å²) in [6.07, 6.45) is 3.98. The van der Waals surface area contributed by atoms with E-state index in [0.29, 0.717) is 29.4 Å². The van der Waals surface area contributed by atoms with Gasteiger partial charge in [0, 0.05) is 9.85 Å². The molecule has 10 nitrogen and oxygen atoms in total. The molecule has 0 aliphatic heterocycles. The third-order valence-corrected chi connectivity index (χ3v) is 8.27. The predicted molar refractivity (Wildman–Crippen MR) is 189 cm³/mol. The summed E-state index contributed by atoms with van der Waals surface area (Å²) in [7, 11) is 5.17. The van der Waals surface area contributed by atoms with Crippen LogP contribution in [0, 0.1) is 20.2 Å². The minimum absolute atomic E-state index is 0.288. The number of nitrogens with zero attached hydrogens (tertiary/aromatic N) is 2. The van der Waals surface area contributed by atoms with E-state index in [1.807, 2.05) is 12.1 Å². The van der Waals surface area contributed by atoms with Crippen LogP contribution in [0.3, 0.4) is 0 Å². The Bertz CT molecular complexity index is 1490. The Hall–Kier alpha value is -5.12. The van der Waals surface area contributed by atoms with Gasteiger partial charge in [-0.05, 0) is 120 Å². The molecule has 0 fully saturated rings. The van der Waals surface area contributed by atoms with Crippen molar-refractivity contribution in [3.8, 4) is 23.0 Å². The second-order valence-corrected chi connectivity index (χ2v) is 11.7. The van der Waals surface area contributed by atoms with Crippen molar-refractivity contribution in [2.24, 2.45) is 0 Å². The van der Waals surface area contributed by atoms with E-state index in [2.05, 4.69) is 74.5 Å². The maximum Gasteiger partial charge on any atom is 0.194 e. The monoisotopic (exact) mass is 660 g/mol. The Labute approximate surface area is 283 Å². The summed E-state index contributed by atoms with van der Waals surface area (Å²) >= 11 is 0. The Morgan fingerprint density at radius 3 is 1.21 bits per heavy atom. The normalized spacial score (nSPS) is 12.9. The molecule has 258 valence electrons. The van der Waals surface area contributed by atoms with Gasteiger partial charge >= 0.3 is 0 Å². The number of hydrogen-bond acceptors (Lipinski definition) is 8.